The third kappa shape index (κ3) is 5.00. The summed E-state index contributed by atoms with van der Waals surface area (Å²) in [5, 5.41) is 9.32. The number of benzene rings is 2. The SMILES string of the molecule is Cn1c(SCc2cccc(OCc3ccccc3)c2)nnc1C1CCS(=O)(=O)C1. The van der Waals surface area contributed by atoms with Crippen LogP contribution in [0.2, 0.25) is 0 Å². The Bertz CT molecular complexity index is 1080. The van der Waals surface area contributed by atoms with Crippen LogP contribution in [0.1, 0.15) is 29.3 Å². The average molecular weight is 430 g/mol. The zero-order chi connectivity index (χ0) is 20.3. The fourth-order valence-corrected chi connectivity index (χ4v) is 6.02. The summed E-state index contributed by atoms with van der Waals surface area (Å²) in [5.41, 5.74) is 2.27. The first-order valence-corrected chi connectivity index (χ1v) is 12.3. The molecule has 0 N–H and O–H groups in total. The predicted octanol–water partition coefficient (Wildman–Crippen LogP) is 3.59. The summed E-state index contributed by atoms with van der Waals surface area (Å²) in [7, 11) is -1.03. The van der Waals surface area contributed by atoms with Crippen molar-refractivity contribution in [1.82, 2.24) is 14.8 Å². The summed E-state index contributed by atoms with van der Waals surface area (Å²) in [5.74, 6) is 2.68. The fourth-order valence-electron chi connectivity index (χ4n) is 3.42. The topological polar surface area (TPSA) is 74.1 Å². The van der Waals surface area contributed by atoms with Crippen LogP contribution in [0.5, 0.6) is 5.75 Å². The van der Waals surface area contributed by atoms with Crippen molar-refractivity contribution in [1.29, 1.82) is 0 Å². The van der Waals surface area contributed by atoms with E-state index >= 15 is 0 Å². The van der Waals surface area contributed by atoms with Crippen molar-refractivity contribution < 1.29 is 13.2 Å². The lowest BCUT2D eigenvalue weighted by molar-refractivity contribution is 0.306. The van der Waals surface area contributed by atoms with Crippen molar-refractivity contribution in [3.63, 3.8) is 0 Å². The molecule has 1 aliphatic heterocycles. The van der Waals surface area contributed by atoms with Crippen molar-refractivity contribution in [2.45, 2.75) is 29.9 Å². The smallest absolute Gasteiger partial charge is 0.191 e. The molecule has 1 aromatic heterocycles. The van der Waals surface area contributed by atoms with E-state index in [9.17, 15) is 8.42 Å². The van der Waals surface area contributed by atoms with E-state index in [-0.39, 0.29) is 17.4 Å². The molecule has 3 aromatic rings. The Balaban J connectivity index is 1.37. The molecule has 0 saturated carbocycles. The van der Waals surface area contributed by atoms with Crippen molar-refractivity contribution in [3.05, 3.63) is 71.5 Å². The van der Waals surface area contributed by atoms with Gasteiger partial charge in [-0.1, -0.05) is 54.2 Å². The lowest BCUT2D eigenvalue weighted by atomic mass is 10.1. The monoisotopic (exact) mass is 429 g/mol. The standard InChI is InChI=1S/C21H23N3O3S2/c1-24-20(18-10-11-29(25,26)15-18)22-23-21(24)28-14-17-8-5-9-19(12-17)27-13-16-6-3-2-4-7-16/h2-9,12,18H,10-11,13-15H2,1H3. The number of sulfone groups is 1. The second kappa shape index (κ2) is 8.59. The molecule has 1 unspecified atom stereocenters. The predicted molar refractivity (Wildman–Crippen MR) is 114 cm³/mol. The van der Waals surface area contributed by atoms with Gasteiger partial charge in [0.15, 0.2) is 15.0 Å². The number of thioether (sulfide) groups is 1. The van der Waals surface area contributed by atoms with Crippen LogP contribution in [0.15, 0.2) is 59.8 Å². The molecule has 152 valence electrons. The fraction of sp³-hybridized carbons (Fsp3) is 0.333. The molecule has 2 aromatic carbocycles. The normalized spacial score (nSPS) is 18.0. The summed E-state index contributed by atoms with van der Waals surface area (Å²) in [6, 6.07) is 18.1. The molecule has 1 atom stereocenters. The summed E-state index contributed by atoms with van der Waals surface area (Å²) in [6.07, 6.45) is 0.625. The zero-order valence-corrected chi connectivity index (χ0v) is 17.8. The van der Waals surface area contributed by atoms with Gasteiger partial charge < -0.3 is 9.30 Å². The van der Waals surface area contributed by atoms with Gasteiger partial charge >= 0.3 is 0 Å². The minimum atomic E-state index is -2.94. The molecule has 0 bridgehead atoms. The highest BCUT2D eigenvalue weighted by Crippen LogP contribution is 2.30. The third-order valence-corrected chi connectivity index (χ3v) is 7.84. The van der Waals surface area contributed by atoms with Crippen LogP contribution in [0.25, 0.3) is 0 Å². The van der Waals surface area contributed by atoms with Crippen LogP contribution < -0.4 is 4.74 Å². The third-order valence-electron chi connectivity index (χ3n) is 4.98. The zero-order valence-electron chi connectivity index (χ0n) is 16.2. The van der Waals surface area contributed by atoms with Crippen LogP contribution in [0, 0.1) is 0 Å². The molecule has 0 radical (unpaired) electrons. The summed E-state index contributed by atoms with van der Waals surface area (Å²) < 4.78 is 31.3. The molecule has 0 amide bonds. The number of rotatable bonds is 7. The second-order valence-electron chi connectivity index (χ2n) is 7.21. The lowest BCUT2D eigenvalue weighted by Gasteiger charge is -2.09. The van der Waals surface area contributed by atoms with E-state index in [2.05, 4.69) is 16.3 Å². The molecule has 1 fully saturated rings. The number of ether oxygens (including phenoxy) is 1. The number of hydrogen-bond acceptors (Lipinski definition) is 6. The quantitative estimate of drug-likeness (QED) is 0.535. The minimum Gasteiger partial charge on any atom is -0.489 e. The van der Waals surface area contributed by atoms with Crippen LogP contribution in [0.3, 0.4) is 0 Å². The number of aromatic nitrogens is 3. The molecule has 29 heavy (non-hydrogen) atoms. The van der Waals surface area contributed by atoms with Gasteiger partial charge in [-0.2, -0.15) is 0 Å². The van der Waals surface area contributed by atoms with Gasteiger partial charge in [0.2, 0.25) is 0 Å². The molecule has 4 rings (SSSR count). The lowest BCUT2D eigenvalue weighted by Crippen LogP contribution is -2.09. The van der Waals surface area contributed by atoms with E-state index < -0.39 is 9.84 Å². The van der Waals surface area contributed by atoms with Gasteiger partial charge in [0, 0.05) is 18.7 Å². The van der Waals surface area contributed by atoms with Crippen molar-refractivity contribution >= 4 is 21.6 Å². The second-order valence-corrected chi connectivity index (χ2v) is 10.4. The van der Waals surface area contributed by atoms with E-state index in [4.69, 9.17) is 4.74 Å². The molecular weight excluding hydrogens is 406 g/mol. The van der Waals surface area contributed by atoms with Crippen molar-refractivity contribution in [2.24, 2.45) is 7.05 Å². The first kappa shape index (κ1) is 20.0. The molecule has 1 saturated heterocycles. The van der Waals surface area contributed by atoms with Crippen LogP contribution in [-0.2, 0) is 29.2 Å². The molecule has 0 spiro atoms. The maximum absolute atomic E-state index is 11.7. The molecule has 6 nitrogen and oxygen atoms in total. The van der Waals surface area contributed by atoms with E-state index in [0.29, 0.717) is 13.0 Å². The van der Waals surface area contributed by atoms with E-state index in [0.717, 1.165) is 33.6 Å². The largest absolute Gasteiger partial charge is 0.489 e. The van der Waals surface area contributed by atoms with E-state index in [1.807, 2.05) is 60.1 Å². The summed E-state index contributed by atoms with van der Waals surface area (Å²) in [4.78, 5) is 0. The molecule has 2 heterocycles. The number of hydrogen-bond donors (Lipinski definition) is 0. The highest BCUT2D eigenvalue weighted by Gasteiger charge is 2.32. The Morgan fingerprint density at radius 1 is 1.10 bits per heavy atom. The molecule has 0 aliphatic carbocycles. The maximum atomic E-state index is 11.7. The van der Waals surface area contributed by atoms with Gasteiger partial charge in [0.25, 0.3) is 0 Å². The highest BCUT2D eigenvalue weighted by atomic mass is 32.2. The van der Waals surface area contributed by atoms with Gasteiger partial charge in [0.1, 0.15) is 18.2 Å². The average Bonchev–Trinajstić information content (AvgIpc) is 3.27. The van der Waals surface area contributed by atoms with Gasteiger partial charge in [0.05, 0.1) is 11.5 Å². The molecular formula is C21H23N3O3S2. The van der Waals surface area contributed by atoms with Gasteiger partial charge in [-0.3, -0.25) is 0 Å². The Kier molecular flexibility index (Phi) is 5.91. The molecule has 1 aliphatic rings. The van der Waals surface area contributed by atoms with Crippen LogP contribution in [0.4, 0.5) is 0 Å². The highest BCUT2D eigenvalue weighted by molar-refractivity contribution is 7.98. The Morgan fingerprint density at radius 2 is 1.90 bits per heavy atom. The Morgan fingerprint density at radius 3 is 2.66 bits per heavy atom. The number of nitrogens with zero attached hydrogens (tertiary/aromatic N) is 3. The Labute approximate surface area is 175 Å². The molecule has 8 heteroatoms. The van der Waals surface area contributed by atoms with Gasteiger partial charge in [-0.05, 0) is 29.7 Å². The maximum Gasteiger partial charge on any atom is 0.191 e. The minimum absolute atomic E-state index is 0.0541. The van der Waals surface area contributed by atoms with Gasteiger partial charge in [-0.15, -0.1) is 10.2 Å². The van der Waals surface area contributed by atoms with Crippen LogP contribution in [-0.4, -0.2) is 34.7 Å². The van der Waals surface area contributed by atoms with E-state index in [1.54, 1.807) is 11.8 Å². The van der Waals surface area contributed by atoms with Crippen molar-refractivity contribution in [2.75, 3.05) is 11.5 Å². The summed E-state index contributed by atoms with van der Waals surface area (Å²) >= 11 is 1.59. The van der Waals surface area contributed by atoms with Crippen LogP contribution >= 0.6 is 11.8 Å². The Hall–Kier alpha value is -2.32. The summed E-state index contributed by atoms with van der Waals surface area (Å²) in [6.45, 7) is 0.536. The van der Waals surface area contributed by atoms with Crippen molar-refractivity contribution in [3.8, 4) is 5.75 Å². The van der Waals surface area contributed by atoms with E-state index in [1.165, 1.54) is 0 Å². The van der Waals surface area contributed by atoms with Gasteiger partial charge in [-0.25, -0.2) is 8.42 Å². The first-order valence-electron chi connectivity index (χ1n) is 9.48. The first-order chi connectivity index (χ1) is 14.0.